The Bertz CT molecular complexity index is 11.6. The van der Waals surface area contributed by atoms with E-state index in [4.69, 9.17) is 0 Å². The standard InChI is InChI=1S/3HI.H2O.Ti/h3*1H;1H2;/q;;;;+3/p-3. The molecular formula is H2I3OTi. The van der Waals surface area contributed by atoms with Crippen molar-refractivity contribution in [1.82, 2.24) is 0 Å². The molecule has 0 heterocycles. The fourth-order valence-corrected chi connectivity index (χ4v) is 0. The van der Waals surface area contributed by atoms with Gasteiger partial charge < -0.3 is 5.48 Å². The van der Waals surface area contributed by atoms with Gasteiger partial charge in [0.05, 0.1) is 0 Å². The van der Waals surface area contributed by atoms with Crippen LogP contribution in [0.15, 0.2) is 0 Å². The summed E-state index contributed by atoms with van der Waals surface area (Å²) in [5.74, 6) is 0. The van der Waals surface area contributed by atoms with Crippen molar-refractivity contribution >= 4 is 57.6 Å². The first-order chi connectivity index (χ1) is 1.73. The third-order valence-electron chi connectivity index (χ3n) is 0. The summed E-state index contributed by atoms with van der Waals surface area (Å²) in [6, 6.07) is 0. The average molecular weight is 447 g/mol. The van der Waals surface area contributed by atoms with E-state index in [9.17, 15) is 0 Å². The molecule has 0 spiro atoms. The molecule has 0 atom stereocenters. The van der Waals surface area contributed by atoms with Gasteiger partial charge in [0, 0.05) is 0 Å². The van der Waals surface area contributed by atoms with E-state index in [1.165, 1.54) is 0 Å². The van der Waals surface area contributed by atoms with Crippen LogP contribution >= 0.6 is 57.6 Å². The second-order valence-corrected chi connectivity index (χ2v) is 39.8. The van der Waals surface area contributed by atoms with Gasteiger partial charge in [-0.15, -0.1) is 0 Å². The molecule has 0 aromatic carbocycles. The van der Waals surface area contributed by atoms with E-state index in [0.717, 1.165) is 0 Å². The SMILES string of the molecule is O.[I][Ti]([I])[I]. The van der Waals surface area contributed by atoms with Gasteiger partial charge in [-0.2, -0.15) is 0 Å². The molecule has 0 aromatic rings. The predicted octanol–water partition coefficient (Wildman–Crippen LogP) is 1.83. The number of hydrogen-bond donors (Lipinski definition) is 0. The van der Waals surface area contributed by atoms with Gasteiger partial charge in [0.2, 0.25) is 0 Å². The molecule has 0 radical (unpaired) electrons. The Balaban J connectivity index is 0. The molecule has 5 heteroatoms. The Hall–Kier alpha value is 2.86. The molecule has 5 heavy (non-hydrogen) atoms. The molecule has 2 N–H and O–H groups in total. The van der Waals surface area contributed by atoms with Crippen LogP contribution in [0.1, 0.15) is 0 Å². The average Bonchev–Trinajstić information content (AvgIpc) is 0.811. The number of halogens is 3. The monoisotopic (exact) mass is 447 g/mol. The predicted molar refractivity (Wildman–Crippen MR) is 45.7 cm³/mol. The van der Waals surface area contributed by atoms with Gasteiger partial charge in [0.15, 0.2) is 0 Å². The molecule has 0 unspecified atom stereocenters. The van der Waals surface area contributed by atoms with E-state index in [1.807, 2.05) is 0 Å². The number of rotatable bonds is 0. The van der Waals surface area contributed by atoms with E-state index < -0.39 is 6.63 Å². The Kier molecular flexibility index (Phi) is 14.8. The van der Waals surface area contributed by atoms with Gasteiger partial charge in [-0.25, -0.2) is 0 Å². The van der Waals surface area contributed by atoms with Crippen LogP contribution in [0.2, 0.25) is 0 Å². The van der Waals surface area contributed by atoms with Crippen molar-refractivity contribution in [2.24, 2.45) is 0 Å². The third-order valence-corrected chi connectivity index (χ3v) is 0. The van der Waals surface area contributed by atoms with Crippen LogP contribution in [-0.2, 0) is 6.63 Å². The van der Waals surface area contributed by atoms with Crippen molar-refractivity contribution in [2.75, 3.05) is 0 Å². The first-order valence-electron chi connectivity index (χ1n) is 0.567. The van der Waals surface area contributed by atoms with E-state index in [2.05, 4.69) is 57.6 Å². The maximum absolute atomic E-state index is 2.48. The van der Waals surface area contributed by atoms with Crippen LogP contribution in [0.4, 0.5) is 0 Å². The summed E-state index contributed by atoms with van der Waals surface area (Å²) in [6.07, 6.45) is 0. The Morgan fingerprint density at radius 3 is 1.00 bits per heavy atom. The second-order valence-electron chi connectivity index (χ2n) is 0.214. The normalized spacial score (nSPS) is 5.40. The molecule has 0 bridgehead atoms. The summed E-state index contributed by atoms with van der Waals surface area (Å²) in [5, 5.41) is 0. The van der Waals surface area contributed by atoms with Crippen LogP contribution in [0.5, 0.6) is 0 Å². The summed E-state index contributed by atoms with van der Waals surface area (Å²) in [5.41, 5.74) is 0. The van der Waals surface area contributed by atoms with Gasteiger partial charge in [0.25, 0.3) is 0 Å². The minimum absolute atomic E-state index is 0. The molecule has 0 saturated heterocycles. The van der Waals surface area contributed by atoms with Gasteiger partial charge in [-0.1, -0.05) is 0 Å². The first kappa shape index (κ1) is 10.8. The zero-order chi connectivity index (χ0) is 3.58. The minimum atomic E-state index is -0.423. The quantitative estimate of drug-likeness (QED) is 0.402. The van der Waals surface area contributed by atoms with Crippen LogP contribution in [0.3, 0.4) is 0 Å². The van der Waals surface area contributed by atoms with Crippen molar-refractivity contribution in [1.29, 1.82) is 0 Å². The zero-order valence-corrected chi connectivity index (χ0v) is 10.2. The third kappa shape index (κ3) is 19.8. The van der Waals surface area contributed by atoms with Gasteiger partial charge in [-0.3, -0.25) is 0 Å². The van der Waals surface area contributed by atoms with E-state index in [-0.39, 0.29) is 5.48 Å². The second kappa shape index (κ2) is 6.86. The fourth-order valence-electron chi connectivity index (χ4n) is 0. The maximum atomic E-state index is 2.48. The van der Waals surface area contributed by atoms with Crippen LogP contribution < -0.4 is 0 Å². The molecule has 0 amide bonds. The fraction of sp³-hybridized carbons (Fsp3) is 0. The Labute approximate surface area is 67.8 Å². The van der Waals surface area contributed by atoms with Gasteiger partial charge in [0.1, 0.15) is 0 Å². The van der Waals surface area contributed by atoms with Crippen molar-refractivity contribution < 1.29 is 12.1 Å². The van der Waals surface area contributed by atoms with E-state index in [0.29, 0.717) is 0 Å². The molecule has 0 aliphatic carbocycles. The van der Waals surface area contributed by atoms with Crippen molar-refractivity contribution in [2.45, 2.75) is 0 Å². The topological polar surface area (TPSA) is 31.5 Å². The van der Waals surface area contributed by atoms with Crippen LogP contribution in [-0.4, -0.2) is 5.48 Å². The molecule has 0 aromatic heterocycles. The molecule has 1 nitrogen and oxygen atoms in total. The summed E-state index contributed by atoms with van der Waals surface area (Å²) in [7, 11) is 0. The van der Waals surface area contributed by atoms with Crippen molar-refractivity contribution in [3.05, 3.63) is 0 Å². The number of hydrogen-bond acceptors (Lipinski definition) is 0. The van der Waals surface area contributed by atoms with Crippen LogP contribution in [0.25, 0.3) is 0 Å². The van der Waals surface area contributed by atoms with Crippen molar-refractivity contribution in [3.63, 3.8) is 0 Å². The molecule has 0 fully saturated rings. The molecular weight excluding hydrogens is 445 g/mol. The Morgan fingerprint density at radius 1 is 1.00 bits per heavy atom. The van der Waals surface area contributed by atoms with E-state index >= 15 is 0 Å². The first-order valence-corrected chi connectivity index (χ1v) is 15.7. The zero-order valence-electron chi connectivity index (χ0n) is 2.13. The summed E-state index contributed by atoms with van der Waals surface area (Å²) < 4.78 is 0. The molecule has 0 rings (SSSR count). The van der Waals surface area contributed by atoms with Crippen molar-refractivity contribution in [3.8, 4) is 0 Å². The summed E-state index contributed by atoms with van der Waals surface area (Å²) >= 11 is 7.45. The summed E-state index contributed by atoms with van der Waals surface area (Å²) in [6.45, 7) is -0.423. The van der Waals surface area contributed by atoms with Gasteiger partial charge in [-0.05, 0) is 0 Å². The van der Waals surface area contributed by atoms with Gasteiger partial charge >= 0.3 is 64.2 Å². The molecule has 33 valence electrons. The van der Waals surface area contributed by atoms with Crippen LogP contribution in [0, 0.1) is 0 Å². The Morgan fingerprint density at radius 2 is 1.00 bits per heavy atom. The summed E-state index contributed by atoms with van der Waals surface area (Å²) in [4.78, 5) is 0. The molecule has 0 aliphatic rings. The molecule has 0 aliphatic heterocycles. The van der Waals surface area contributed by atoms with E-state index in [1.54, 1.807) is 0 Å². The molecule has 0 saturated carbocycles.